The van der Waals surface area contributed by atoms with Crippen LogP contribution in [0.4, 0.5) is 0 Å². The van der Waals surface area contributed by atoms with E-state index in [-0.39, 0.29) is 17.1 Å². The van der Waals surface area contributed by atoms with E-state index >= 15 is 0 Å². The van der Waals surface area contributed by atoms with Gasteiger partial charge in [0.15, 0.2) is 0 Å². The van der Waals surface area contributed by atoms with E-state index in [1.807, 2.05) is 6.92 Å². The molecule has 0 bridgehead atoms. The molecule has 1 rings (SSSR count). The first-order chi connectivity index (χ1) is 8.29. The predicted octanol–water partition coefficient (Wildman–Crippen LogP) is 2.57. The highest BCUT2D eigenvalue weighted by Gasteiger charge is 2.28. The highest BCUT2D eigenvalue weighted by Crippen LogP contribution is 2.31. The Morgan fingerprint density at radius 2 is 1.94 bits per heavy atom. The maximum Gasteiger partial charge on any atom is 0.340 e. The van der Waals surface area contributed by atoms with Crippen molar-refractivity contribution in [3.05, 3.63) is 15.3 Å². The molecule has 0 fully saturated rings. The zero-order valence-corrected chi connectivity index (χ0v) is 12.2. The monoisotopic (exact) mass is 292 g/mol. The van der Waals surface area contributed by atoms with Gasteiger partial charge in [0, 0.05) is 9.75 Å². The largest absolute Gasteiger partial charge is 0.462 e. The topological polar surface area (TPSA) is 80.7 Å². The molecular weight excluding hydrogens is 276 g/mol. The van der Waals surface area contributed by atoms with E-state index in [1.54, 1.807) is 13.8 Å². The molecule has 102 valence electrons. The quantitative estimate of drug-likeness (QED) is 0.512. The van der Waals surface area contributed by atoms with Gasteiger partial charge in [-0.2, -0.15) is 8.42 Å². The zero-order chi connectivity index (χ0) is 13.9. The summed E-state index contributed by atoms with van der Waals surface area (Å²) in [5, 5.41) is 0. The van der Waals surface area contributed by atoms with Crippen molar-refractivity contribution in [3.8, 4) is 0 Å². The summed E-state index contributed by atoms with van der Waals surface area (Å²) < 4.78 is 36.7. The average molecular weight is 292 g/mol. The number of aryl methyl sites for hydroxylation is 2. The highest BCUT2D eigenvalue weighted by molar-refractivity contribution is 7.86. The SMILES string of the molecule is CCCCOC(=O)c1c(C)sc(C)c1S(=O)(=O)O. The maximum atomic E-state index is 11.8. The smallest absolute Gasteiger partial charge is 0.340 e. The van der Waals surface area contributed by atoms with Crippen LogP contribution < -0.4 is 0 Å². The van der Waals surface area contributed by atoms with Crippen LogP contribution in [0.1, 0.15) is 39.9 Å². The van der Waals surface area contributed by atoms with Crippen molar-refractivity contribution in [2.45, 2.75) is 38.5 Å². The first-order valence-corrected chi connectivity index (χ1v) is 7.79. The van der Waals surface area contributed by atoms with Crippen LogP contribution in [0.15, 0.2) is 4.90 Å². The van der Waals surface area contributed by atoms with Gasteiger partial charge in [-0.25, -0.2) is 4.79 Å². The van der Waals surface area contributed by atoms with Crippen molar-refractivity contribution >= 4 is 27.4 Å². The lowest BCUT2D eigenvalue weighted by atomic mass is 10.2. The molecule has 1 N–H and O–H groups in total. The standard InChI is InChI=1S/C11H16O5S2/c1-4-5-6-16-11(12)9-7(2)17-8(3)10(9)18(13,14)15/h4-6H2,1-3H3,(H,13,14,15). The van der Waals surface area contributed by atoms with Crippen molar-refractivity contribution in [2.24, 2.45) is 0 Å². The van der Waals surface area contributed by atoms with Gasteiger partial charge in [0.1, 0.15) is 4.90 Å². The number of carbonyl (C=O) groups excluding carboxylic acids is 1. The molecule has 7 heteroatoms. The third kappa shape index (κ3) is 3.30. The van der Waals surface area contributed by atoms with E-state index in [0.29, 0.717) is 9.75 Å². The molecule has 0 aliphatic rings. The molecule has 18 heavy (non-hydrogen) atoms. The molecule has 1 heterocycles. The van der Waals surface area contributed by atoms with Gasteiger partial charge in [0.25, 0.3) is 10.1 Å². The van der Waals surface area contributed by atoms with Gasteiger partial charge >= 0.3 is 5.97 Å². The molecule has 0 saturated heterocycles. The molecule has 0 unspecified atom stereocenters. The second kappa shape index (κ2) is 5.81. The first-order valence-electron chi connectivity index (χ1n) is 5.53. The van der Waals surface area contributed by atoms with Gasteiger partial charge in [-0.05, 0) is 20.3 Å². The minimum atomic E-state index is -4.41. The Labute approximate surface area is 111 Å². The van der Waals surface area contributed by atoms with Crippen LogP contribution in [0.5, 0.6) is 0 Å². The Balaban J connectivity index is 3.12. The number of hydrogen-bond donors (Lipinski definition) is 1. The van der Waals surface area contributed by atoms with E-state index in [4.69, 9.17) is 9.29 Å². The second-order valence-electron chi connectivity index (χ2n) is 3.88. The van der Waals surface area contributed by atoms with Crippen LogP contribution in [-0.4, -0.2) is 25.5 Å². The lowest BCUT2D eigenvalue weighted by Gasteiger charge is -2.05. The van der Waals surface area contributed by atoms with Gasteiger partial charge in [-0.3, -0.25) is 4.55 Å². The van der Waals surface area contributed by atoms with Gasteiger partial charge in [0.2, 0.25) is 0 Å². The van der Waals surface area contributed by atoms with Crippen LogP contribution in [0.3, 0.4) is 0 Å². The number of thiophene rings is 1. The molecular formula is C11H16O5S2. The molecule has 0 radical (unpaired) electrons. The summed E-state index contributed by atoms with van der Waals surface area (Å²) in [5.41, 5.74) is -0.0453. The summed E-state index contributed by atoms with van der Waals surface area (Å²) in [5.74, 6) is -0.696. The van der Waals surface area contributed by atoms with Crippen LogP contribution in [0, 0.1) is 13.8 Å². The van der Waals surface area contributed by atoms with E-state index in [1.165, 1.54) is 0 Å². The molecule has 1 aromatic rings. The number of carbonyl (C=O) groups is 1. The number of ether oxygens (including phenoxy) is 1. The minimum Gasteiger partial charge on any atom is -0.462 e. The van der Waals surface area contributed by atoms with Crippen molar-refractivity contribution < 1.29 is 22.5 Å². The zero-order valence-electron chi connectivity index (χ0n) is 10.5. The molecule has 0 atom stereocenters. The van der Waals surface area contributed by atoms with Crippen molar-refractivity contribution in [2.75, 3.05) is 6.61 Å². The summed E-state index contributed by atoms with van der Waals surface area (Å²) in [6, 6.07) is 0. The summed E-state index contributed by atoms with van der Waals surface area (Å²) >= 11 is 1.15. The van der Waals surface area contributed by atoms with E-state index in [9.17, 15) is 13.2 Å². The van der Waals surface area contributed by atoms with Crippen LogP contribution in [0.2, 0.25) is 0 Å². The lowest BCUT2D eigenvalue weighted by molar-refractivity contribution is 0.0494. The van der Waals surface area contributed by atoms with Crippen LogP contribution in [0.25, 0.3) is 0 Å². The maximum absolute atomic E-state index is 11.8. The Hall–Kier alpha value is -0.920. The van der Waals surface area contributed by atoms with E-state index in [0.717, 1.165) is 24.2 Å². The fraction of sp³-hybridized carbons (Fsp3) is 0.545. The first kappa shape index (κ1) is 15.1. The Morgan fingerprint density at radius 1 is 1.33 bits per heavy atom. The Kier molecular flexibility index (Phi) is 4.89. The molecule has 1 aromatic heterocycles. The van der Waals surface area contributed by atoms with E-state index in [2.05, 4.69) is 0 Å². The second-order valence-corrected chi connectivity index (χ2v) is 6.67. The summed E-state index contributed by atoms with van der Waals surface area (Å²) in [7, 11) is -4.41. The third-order valence-electron chi connectivity index (χ3n) is 2.40. The number of hydrogen-bond acceptors (Lipinski definition) is 5. The van der Waals surface area contributed by atoms with Crippen molar-refractivity contribution in [1.82, 2.24) is 0 Å². The molecule has 5 nitrogen and oxygen atoms in total. The van der Waals surface area contributed by atoms with Gasteiger partial charge < -0.3 is 4.74 Å². The molecule has 0 aliphatic heterocycles. The van der Waals surface area contributed by atoms with Crippen LogP contribution in [-0.2, 0) is 14.9 Å². The average Bonchev–Trinajstić information content (AvgIpc) is 2.53. The van der Waals surface area contributed by atoms with E-state index < -0.39 is 16.1 Å². The molecule has 0 saturated carbocycles. The van der Waals surface area contributed by atoms with Gasteiger partial charge in [-0.15, -0.1) is 11.3 Å². The number of esters is 1. The van der Waals surface area contributed by atoms with Gasteiger partial charge in [-0.1, -0.05) is 13.3 Å². The predicted molar refractivity (Wildman–Crippen MR) is 68.8 cm³/mol. The third-order valence-corrected chi connectivity index (χ3v) is 4.57. The normalized spacial score (nSPS) is 11.6. The molecule has 0 aliphatic carbocycles. The molecule has 0 aromatic carbocycles. The fourth-order valence-corrected chi connectivity index (χ4v) is 3.90. The molecule has 0 amide bonds. The Morgan fingerprint density at radius 3 is 2.44 bits per heavy atom. The molecule has 0 spiro atoms. The Bertz CT molecular complexity index is 542. The van der Waals surface area contributed by atoms with Crippen molar-refractivity contribution in [3.63, 3.8) is 0 Å². The highest BCUT2D eigenvalue weighted by atomic mass is 32.2. The van der Waals surface area contributed by atoms with Crippen LogP contribution >= 0.6 is 11.3 Å². The summed E-state index contributed by atoms with van der Waals surface area (Å²) in [6.07, 6.45) is 1.59. The summed E-state index contributed by atoms with van der Waals surface area (Å²) in [6.45, 7) is 5.37. The number of rotatable bonds is 5. The minimum absolute atomic E-state index is 0.0453. The van der Waals surface area contributed by atoms with Crippen molar-refractivity contribution in [1.29, 1.82) is 0 Å². The summed E-state index contributed by atoms with van der Waals surface area (Å²) in [4.78, 5) is 12.4. The lowest BCUT2D eigenvalue weighted by Crippen LogP contribution is -2.12. The number of unbranched alkanes of at least 4 members (excludes halogenated alkanes) is 1. The fourth-order valence-electron chi connectivity index (χ4n) is 1.59. The van der Waals surface area contributed by atoms with Gasteiger partial charge in [0.05, 0.1) is 12.2 Å².